The number of nitrogens with zero attached hydrogens (tertiary/aromatic N) is 2. The summed E-state index contributed by atoms with van der Waals surface area (Å²) in [6.45, 7) is 2.00. The molecule has 0 fully saturated rings. The van der Waals surface area contributed by atoms with Gasteiger partial charge in [-0.15, -0.1) is 0 Å². The Hall–Kier alpha value is -1.18. The molecule has 1 aromatic rings. The Morgan fingerprint density at radius 3 is 2.53 bits per heavy atom. The van der Waals surface area contributed by atoms with Crippen LogP contribution in [0.3, 0.4) is 0 Å². The van der Waals surface area contributed by atoms with Crippen LogP contribution in [0.1, 0.15) is 5.56 Å². The van der Waals surface area contributed by atoms with E-state index in [1.54, 1.807) is 14.0 Å². The van der Waals surface area contributed by atoms with Gasteiger partial charge >= 0.3 is 5.51 Å². The van der Waals surface area contributed by atoms with Gasteiger partial charge in [0.05, 0.1) is 0 Å². The lowest BCUT2D eigenvalue weighted by Crippen LogP contribution is -2.12. The van der Waals surface area contributed by atoms with Crippen LogP contribution in [-0.2, 0) is 0 Å². The Kier molecular flexibility index (Phi) is 4.86. The molecule has 0 atom stereocenters. The third kappa shape index (κ3) is 4.68. The number of alkyl halides is 3. The highest BCUT2D eigenvalue weighted by molar-refractivity contribution is 8.00. The number of aromatic nitrogens is 2. The van der Waals surface area contributed by atoms with Crippen LogP contribution in [0.15, 0.2) is 6.33 Å². The van der Waals surface area contributed by atoms with Crippen LogP contribution in [0, 0.1) is 6.92 Å². The fourth-order valence-corrected chi connectivity index (χ4v) is 1.65. The normalized spacial score (nSPS) is 11.4. The number of hydrogen-bond acceptors (Lipinski definition) is 5. The van der Waals surface area contributed by atoms with Crippen molar-refractivity contribution in [3.8, 4) is 0 Å². The van der Waals surface area contributed by atoms with E-state index in [0.29, 0.717) is 11.6 Å². The zero-order valence-electron chi connectivity index (χ0n) is 9.43. The summed E-state index contributed by atoms with van der Waals surface area (Å²) in [6, 6.07) is 0. The second-order valence-corrected chi connectivity index (χ2v) is 4.33. The molecule has 0 bridgehead atoms. The second kappa shape index (κ2) is 5.95. The number of rotatable bonds is 5. The molecule has 1 rings (SSSR count). The summed E-state index contributed by atoms with van der Waals surface area (Å²) in [4.78, 5) is 7.95. The largest absolute Gasteiger partial charge is 0.441 e. The Bertz CT molecular complexity index is 370. The Morgan fingerprint density at radius 2 is 1.94 bits per heavy atom. The molecule has 4 nitrogen and oxygen atoms in total. The molecule has 0 saturated carbocycles. The summed E-state index contributed by atoms with van der Waals surface area (Å²) in [5, 5.41) is 5.72. The number of nitrogens with one attached hydrogen (secondary N) is 2. The van der Waals surface area contributed by atoms with Gasteiger partial charge in [-0.1, -0.05) is 0 Å². The van der Waals surface area contributed by atoms with E-state index in [2.05, 4.69) is 20.6 Å². The molecule has 8 heteroatoms. The second-order valence-electron chi connectivity index (χ2n) is 3.17. The summed E-state index contributed by atoms with van der Waals surface area (Å²) in [7, 11) is 1.72. The first-order valence-electron chi connectivity index (χ1n) is 4.88. The number of anilines is 2. The molecule has 0 spiro atoms. The zero-order chi connectivity index (χ0) is 12.9. The maximum atomic E-state index is 11.9. The number of halogens is 3. The van der Waals surface area contributed by atoms with Gasteiger partial charge < -0.3 is 10.6 Å². The van der Waals surface area contributed by atoms with Gasteiger partial charge in [0, 0.05) is 24.9 Å². The summed E-state index contributed by atoms with van der Waals surface area (Å²) in [6.07, 6.45) is 1.36. The van der Waals surface area contributed by atoms with Crippen molar-refractivity contribution in [1.82, 2.24) is 9.97 Å². The monoisotopic (exact) mass is 266 g/mol. The minimum Gasteiger partial charge on any atom is -0.373 e. The molecule has 96 valence electrons. The molecular weight excluding hydrogens is 253 g/mol. The standard InChI is InChI=1S/C9H13F3N4S/c1-6-7(13-2)15-5-16-8(6)14-3-4-17-9(10,11)12/h5H,3-4H2,1-2H3,(H2,13,14,15,16). The first-order chi connectivity index (χ1) is 7.94. The van der Waals surface area contributed by atoms with Crippen molar-refractivity contribution in [2.24, 2.45) is 0 Å². The lowest BCUT2D eigenvalue weighted by Gasteiger charge is -2.11. The van der Waals surface area contributed by atoms with E-state index in [0.717, 1.165) is 5.56 Å². The maximum Gasteiger partial charge on any atom is 0.441 e. The molecule has 0 aliphatic heterocycles. The third-order valence-electron chi connectivity index (χ3n) is 1.98. The van der Waals surface area contributed by atoms with E-state index in [9.17, 15) is 13.2 Å². The molecule has 2 N–H and O–H groups in total. The maximum absolute atomic E-state index is 11.9. The smallest absolute Gasteiger partial charge is 0.373 e. The highest BCUT2D eigenvalue weighted by Gasteiger charge is 2.27. The van der Waals surface area contributed by atoms with E-state index >= 15 is 0 Å². The van der Waals surface area contributed by atoms with Gasteiger partial charge in [0.25, 0.3) is 0 Å². The summed E-state index contributed by atoms with van der Waals surface area (Å²) in [5.74, 6) is 1.15. The Morgan fingerprint density at radius 1 is 1.29 bits per heavy atom. The van der Waals surface area contributed by atoms with E-state index in [1.165, 1.54) is 6.33 Å². The predicted molar refractivity (Wildman–Crippen MR) is 63.3 cm³/mol. The van der Waals surface area contributed by atoms with Crippen molar-refractivity contribution in [3.05, 3.63) is 11.9 Å². The third-order valence-corrected chi connectivity index (χ3v) is 2.72. The van der Waals surface area contributed by atoms with E-state index in [1.807, 2.05) is 0 Å². The summed E-state index contributed by atoms with van der Waals surface area (Å²) >= 11 is -0.0529. The average molecular weight is 266 g/mol. The minimum atomic E-state index is -4.18. The predicted octanol–water partition coefficient (Wildman–Crippen LogP) is 2.49. The van der Waals surface area contributed by atoms with Gasteiger partial charge in [-0.05, 0) is 18.7 Å². The van der Waals surface area contributed by atoms with Gasteiger partial charge in [-0.3, -0.25) is 0 Å². The molecule has 1 heterocycles. The zero-order valence-corrected chi connectivity index (χ0v) is 10.2. The van der Waals surface area contributed by atoms with Crippen LogP contribution in [0.5, 0.6) is 0 Å². The van der Waals surface area contributed by atoms with Crippen molar-refractivity contribution in [2.45, 2.75) is 12.4 Å². The topological polar surface area (TPSA) is 49.8 Å². The van der Waals surface area contributed by atoms with Crippen LogP contribution in [-0.4, -0.2) is 34.8 Å². The molecule has 0 unspecified atom stereocenters. The highest BCUT2D eigenvalue weighted by atomic mass is 32.2. The highest BCUT2D eigenvalue weighted by Crippen LogP contribution is 2.29. The van der Waals surface area contributed by atoms with Crippen LogP contribution in [0.2, 0.25) is 0 Å². The van der Waals surface area contributed by atoms with Crippen molar-refractivity contribution in [3.63, 3.8) is 0 Å². The van der Waals surface area contributed by atoms with Gasteiger partial charge in [-0.2, -0.15) is 13.2 Å². The molecule has 0 aliphatic rings. The molecular formula is C9H13F3N4S. The average Bonchev–Trinajstić information content (AvgIpc) is 2.25. The fraction of sp³-hybridized carbons (Fsp3) is 0.556. The van der Waals surface area contributed by atoms with Crippen molar-refractivity contribution in [1.29, 1.82) is 0 Å². The van der Waals surface area contributed by atoms with Crippen molar-refractivity contribution < 1.29 is 13.2 Å². The van der Waals surface area contributed by atoms with E-state index < -0.39 is 5.51 Å². The van der Waals surface area contributed by atoms with Gasteiger partial charge in [0.2, 0.25) is 0 Å². The van der Waals surface area contributed by atoms with Crippen LogP contribution in [0.25, 0.3) is 0 Å². The molecule has 0 aromatic carbocycles. The number of thioether (sulfide) groups is 1. The molecule has 0 aliphatic carbocycles. The lowest BCUT2D eigenvalue weighted by molar-refractivity contribution is -0.0327. The van der Waals surface area contributed by atoms with Gasteiger partial charge in [-0.25, -0.2) is 9.97 Å². The quantitative estimate of drug-likeness (QED) is 0.802. The Balaban J connectivity index is 2.47. The molecule has 17 heavy (non-hydrogen) atoms. The van der Waals surface area contributed by atoms with Crippen molar-refractivity contribution >= 4 is 23.4 Å². The summed E-state index contributed by atoms with van der Waals surface area (Å²) < 4.78 is 35.6. The van der Waals surface area contributed by atoms with Crippen LogP contribution < -0.4 is 10.6 Å². The SMILES string of the molecule is CNc1ncnc(NCCSC(F)(F)F)c1C. The fourth-order valence-electron chi connectivity index (χ4n) is 1.22. The lowest BCUT2D eigenvalue weighted by atomic mass is 10.3. The molecule has 0 radical (unpaired) electrons. The van der Waals surface area contributed by atoms with Gasteiger partial charge in [0.15, 0.2) is 0 Å². The molecule has 0 saturated heterocycles. The van der Waals surface area contributed by atoms with Crippen LogP contribution >= 0.6 is 11.8 Å². The minimum absolute atomic E-state index is 0.0529. The van der Waals surface area contributed by atoms with E-state index in [-0.39, 0.29) is 24.1 Å². The van der Waals surface area contributed by atoms with Crippen molar-refractivity contribution in [2.75, 3.05) is 30.0 Å². The van der Waals surface area contributed by atoms with Gasteiger partial charge in [0.1, 0.15) is 18.0 Å². The Labute approximate surface area is 101 Å². The summed E-state index contributed by atoms with van der Waals surface area (Å²) in [5.41, 5.74) is -3.40. The molecule has 1 aromatic heterocycles. The van der Waals surface area contributed by atoms with E-state index in [4.69, 9.17) is 0 Å². The van der Waals surface area contributed by atoms with Crippen LogP contribution in [0.4, 0.5) is 24.8 Å². The number of hydrogen-bond donors (Lipinski definition) is 2. The first-order valence-corrected chi connectivity index (χ1v) is 5.86. The first kappa shape index (κ1) is 13.9. The molecule has 0 amide bonds.